The number of nitrogens with one attached hydrogen (secondary N) is 1. The molecule has 5 aromatic carbocycles. The standard InChI is InChI=1S/2C14H11BrN2.C14H20N2O/c15-13-7-4-8-14-12(13)9-16-17(14)10-11-5-2-1-3-6-11;15-13-7-4-8-14-12(13)10-17(16-14)9-11-5-2-1-3-6-11;1-14(2,3)10-5-6-11-9(8-10)4-7-12(11)16-13(15)17/h1-9H,10H2;1-8,10H,9H2;5-6,8,12H,4,7H2,1-3H3,(H3,15,16,17)/t;;12-/m..1/s1. The van der Waals surface area contributed by atoms with Gasteiger partial charge in [0.2, 0.25) is 0 Å². The highest BCUT2D eigenvalue weighted by molar-refractivity contribution is 9.11. The van der Waals surface area contributed by atoms with E-state index in [1.54, 1.807) is 0 Å². The number of benzene rings is 5. The van der Waals surface area contributed by atoms with Crippen LogP contribution in [-0.2, 0) is 24.9 Å². The summed E-state index contributed by atoms with van der Waals surface area (Å²) in [5.74, 6) is 0. The number of nitrogens with zero attached hydrogens (tertiary/aromatic N) is 4. The number of hydrogen-bond donors (Lipinski definition) is 2. The Balaban J connectivity index is 0.000000132. The molecule has 0 unspecified atom stereocenters. The third-order valence-electron chi connectivity index (χ3n) is 8.94. The molecule has 2 heterocycles. The molecule has 0 fully saturated rings. The number of aromatic nitrogens is 4. The second-order valence-corrected chi connectivity index (χ2v) is 15.4. The summed E-state index contributed by atoms with van der Waals surface area (Å²) in [7, 11) is 0. The smallest absolute Gasteiger partial charge is 0.312 e. The highest BCUT2D eigenvalue weighted by atomic mass is 79.9. The first-order valence-electron chi connectivity index (χ1n) is 17.0. The van der Waals surface area contributed by atoms with Crippen molar-refractivity contribution in [3.63, 3.8) is 0 Å². The van der Waals surface area contributed by atoms with E-state index in [1.165, 1.54) is 27.8 Å². The van der Waals surface area contributed by atoms with Gasteiger partial charge in [-0.1, -0.05) is 144 Å². The molecule has 0 aliphatic heterocycles. The van der Waals surface area contributed by atoms with Crippen LogP contribution in [0.4, 0.5) is 4.79 Å². The van der Waals surface area contributed by atoms with Gasteiger partial charge in [-0.25, -0.2) is 4.79 Å². The topological polar surface area (TPSA) is 90.8 Å². The Morgan fingerprint density at radius 1 is 0.824 bits per heavy atom. The van der Waals surface area contributed by atoms with Crippen LogP contribution in [0.25, 0.3) is 21.8 Å². The highest BCUT2D eigenvalue weighted by Gasteiger charge is 2.25. The number of aryl methyl sites for hydroxylation is 1. The van der Waals surface area contributed by atoms with Gasteiger partial charge in [0.15, 0.2) is 0 Å². The second kappa shape index (κ2) is 16.1. The zero-order valence-corrected chi connectivity index (χ0v) is 32.2. The lowest BCUT2D eigenvalue weighted by Gasteiger charge is -2.20. The molecule has 1 aliphatic rings. The molecule has 3 N–H and O–H groups in total. The van der Waals surface area contributed by atoms with Crippen molar-refractivity contribution in [1.82, 2.24) is 24.9 Å². The molecule has 0 saturated heterocycles. The van der Waals surface area contributed by atoms with Crippen LogP contribution in [0.2, 0.25) is 0 Å². The molecule has 1 aliphatic carbocycles. The number of fused-ring (bicyclic) bond motifs is 3. The van der Waals surface area contributed by atoms with Crippen molar-refractivity contribution < 1.29 is 4.79 Å². The van der Waals surface area contributed by atoms with Gasteiger partial charge >= 0.3 is 6.03 Å². The fourth-order valence-corrected chi connectivity index (χ4v) is 7.18. The van der Waals surface area contributed by atoms with Gasteiger partial charge in [0.1, 0.15) is 0 Å². The first-order valence-corrected chi connectivity index (χ1v) is 18.6. The lowest BCUT2D eigenvalue weighted by molar-refractivity contribution is 0.245. The van der Waals surface area contributed by atoms with Crippen molar-refractivity contribution in [2.24, 2.45) is 5.73 Å². The van der Waals surface area contributed by atoms with Gasteiger partial charge in [-0.15, -0.1) is 0 Å². The van der Waals surface area contributed by atoms with Gasteiger partial charge in [0.25, 0.3) is 0 Å². The second-order valence-electron chi connectivity index (χ2n) is 13.7. The van der Waals surface area contributed by atoms with E-state index in [4.69, 9.17) is 5.73 Å². The van der Waals surface area contributed by atoms with Gasteiger partial charge in [0, 0.05) is 25.9 Å². The molecule has 0 spiro atoms. The van der Waals surface area contributed by atoms with Crippen LogP contribution in [0, 0.1) is 0 Å². The third kappa shape index (κ3) is 9.15. The summed E-state index contributed by atoms with van der Waals surface area (Å²) >= 11 is 7.08. The van der Waals surface area contributed by atoms with Crippen LogP contribution < -0.4 is 11.1 Å². The minimum atomic E-state index is -0.442. The maximum Gasteiger partial charge on any atom is 0.312 e. The van der Waals surface area contributed by atoms with Gasteiger partial charge in [-0.05, 0) is 70.3 Å². The molecular weight excluding hydrogens is 764 g/mol. The SMILES string of the molecule is Brc1cccc2c1cnn2Cc1ccccc1.Brc1cccc2nn(Cc3ccccc3)cc12.CC(C)(C)c1ccc2c(c1)CC[C@H]2NC(N)=O. The minimum absolute atomic E-state index is 0.0940. The number of urea groups is 1. The van der Waals surface area contributed by atoms with E-state index >= 15 is 0 Å². The van der Waals surface area contributed by atoms with Crippen LogP contribution >= 0.6 is 31.9 Å². The number of carbonyl (C=O) groups excluding carboxylic acids is 1. The molecule has 8 rings (SSSR count). The number of primary amides is 1. The number of hydrogen-bond acceptors (Lipinski definition) is 3. The van der Waals surface area contributed by atoms with Crippen LogP contribution in [-0.4, -0.2) is 25.6 Å². The van der Waals surface area contributed by atoms with Crippen molar-refractivity contribution in [2.75, 3.05) is 0 Å². The van der Waals surface area contributed by atoms with Crippen molar-refractivity contribution in [1.29, 1.82) is 0 Å². The maximum atomic E-state index is 10.9. The highest BCUT2D eigenvalue weighted by Crippen LogP contribution is 2.34. The van der Waals surface area contributed by atoms with Gasteiger partial charge in [0.05, 0.1) is 36.4 Å². The zero-order valence-electron chi connectivity index (χ0n) is 29.1. The van der Waals surface area contributed by atoms with Crippen molar-refractivity contribution in [3.05, 3.63) is 164 Å². The van der Waals surface area contributed by atoms with Gasteiger partial charge < -0.3 is 11.1 Å². The van der Waals surface area contributed by atoms with Crippen LogP contribution in [0.1, 0.15) is 61.1 Å². The molecular formula is C42H42Br2N6O. The summed E-state index contributed by atoms with van der Waals surface area (Å²) in [4.78, 5) is 10.9. The molecule has 7 aromatic rings. The van der Waals surface area contributed by atoms with Gasteiger partial charge in [-0.3, -0.25) is 9.36 Å². The minimum Gasteiger partial charge on any atom is -0.352 e. The monoisotopic (exact) mass is 804 g/mol. The Morgan fingerprint density at radius 2 is 1.47 bits per heavy atom. The number of rotatable bonds is 5. The van der Waals surface area contributed by atoms with E-state index in [0.29, 0.717) is 0 Å². The summed E-state index contributed by atoms with van der Waals surface area (Å²) < 4.78 is 6.18. The molecule has 7 nitrogen and oxygen atoms in total. The molecule has 51 heavy (non-hydrogen) atoms. The molecule has 2 amide bonds. The summed E-state index contributed by atoms with van der Waals surface area (Å²) in [5.41, 5.74) is 14.0. The van der Waals surface area contributed by atoms with Crippen LogP contribution in [0.15, 0.2) is 137 Å². The molecule has 0 radical (unpaired) electrons. The summed E-state index contributed by atoms with van der Waals surface area (Å²) in [6.45, 7) is 8.25. The Kier molecular flexibility index (Phi) is 11.4. The number of nitrogens with two attached hydrogens (primary N) is 1. The van der Waals surface area contributed by atoms with Crippen molar-refractivity contribution in [2.45, 2.75) is 58.2 Å². The van der Waals surface area contributed by atoms with E-state index < -0.39 is 6.03 Å². The normalized spacial score (nSPS) is 13.5. The molecule has 2 aromatic heterocycles. The molecule has 260 valence electrons. The van der Waals surface area contributed by atoms with E-state index in [9.17, 15) is 4.79 Å². The van der Waals surface area contributed by atoms with Crippen molar-refractivity contribution in [3.8, 4) is 0 Å². The van der Waals surface area contributed by atoms with E-state index in [2.05, 4.69) is 147 Å². The largest absolute Gasteiger partial charge is 0.352 e. The quantitative estimate of drug-likeness (QED) is 0.182. The molecule has 9 heteroatoms. The first kappa shape index (κ1) is 36.1. The Hall–Kier alpha value is -4.73. The average molecular weight is 807 g/mol. The number of carbonyl (C=O) groups is 1. The molecule has 0 saturated carbocycles. The fourth-order valence-electron chi connectivity index (χ4n) is 6.26. The summed E-state index contributed by atoms with van der Waals surface area (Å²) in [5, 5.41) is 14.1. The third-order valence-corrected chi connectivity index (χ3v) is 10.3. The summed E-state index contributed by atoms with van der Waals surface area (Å²) in [6.07, 6.45) is 5.95. The lowest BCUT2D eigenvalue weighted by atomic mass is 9.85. The van der Waals surface area contributed by atoms with Gasteiger partial charge in [-0.2, -0.15) is 10.2 Å². The summed E-state index contributed by atoms with van der Waals surface area (Å²) in [6, 6.07) is 39.2. The Bertz CT molecular complexity index is 2230. The average Bonchev–Trinajstić information content (AvgIpc) is 3.84. The maximum absolute atomic E-state index is 10.9. The predicted octanol–water partition coefficient (Wildman–Crippen LogP) is 10.3. The molecule has 1 atom stereocenters. The predicted molar refractivity (Wildman–Crippen MR) is 215 cm³/mol. The van der Waals surface area contributed by atoms with E-state index in [1.807, 2.05) is 58.0 Å². The molecule has 0 bridgehead atoms. The van der Waals surface area contributed by atoms with Crippen LogP contribution in [0.3, 0.4) is 0 Å². The Morgan fingerprint density at radius 3 is 2.12 bits per heavy atom. The lowest BCUT2D eigenvalue weighted by Crippen LogP contribution is -2.32. The van der Waals surface area contributed by atoms with E-state index in [0.717, 1.165) is 56.7 Å². The Labute approximate surface area is 316 Å². The number of amides is 2. The van der Waals surface area contributed by atoms with E-state index in [-0.39, 0.29) is 11.5 Å². The van der Waals surface area contributed by atoms with Crippen LogP contribution in [0.5, 0.6) is 0 Å². The fraction of sp³-hybridized carbons (Fsp3) is 0.214. The van der Waals surface area contributed by atoms with Crippen molar-refractivity contribution >= 4 is 59.7 Å². The first-order chi connectivity index (χ1) is 24.5. The zero-order chi connectivity index (χ0) is 36.0. The number of halogens is 2.